The summed E-state index contributed by atoms with van der Waals surface area (Å²) in [4.78, 5) is 0. The zero-order valence-corrected chi connectivity index (χ0v) is 3.40. The van der Waals surface area contributed by atoms with Gasteiger partial charge in [-0.3, -0.25) is 0 Å². The van der Waals surface area contributed by atoms with Crippen LogP contribution in [0.4, 0.5) is 0 Å². The second-order valence-electron chi connectivity index (χ2n) is 0.781. The minimum atomic E-state index is 0. The molecule has 0 amide bonds. The molecule has 0 aliphatic carbocycles. The quantitative estimate of drug-likeness (QED) is 0.528. The van der Waals surface area contributed by atoms with E-state index in [1.54, 1.807) is 7.11 Å². The van der Waals surface area contributed by atoms with Gasteiger partial charge >= 0.3 is 0 Å². The fraction of sp³-hybridized carbons (Fsp3) is 1.00. The summed E-state index contributed by atoms with van der Waals surface area (Å²) in [5, 5.41) is 0. The first-order valence-corrected chi connectivity index (χ1v) is 1.61. The monoisotopic (exact) mass is 91.1 g/mol. The minimum absolute atomic E-state index is 0. The van der Waals surface area contributed by atoms with E-state index in [9.17, 15) is 0 Å². The predicted octanol–water partition coefficient (Wildman–Crippen LogP) is 0.228. The van der Waals surface area contributed by atoms with Crippen LogP contribution >= 0.6 is 0 Å². The number of rotatable bonds is 2. The van der Waals surface area contributed by atoms with Crippen LogP contribution in [0.1, 0.15) is 7.43 Å². The molecular formula is C4H13NO. The first-order chi connectivity index (χ1) is 2.41. The molecule has 0 radical (unpaired) electrons. The van der Waals surface area contributed by atoms with Crippen molar-refractivity contribution >= 4 is 0 Å². The Balaban J connectivity index is 0. The van der Waals surface area contributed by atoms with Gasteiger partial charge in [-0.25, -0.2) is 0 Å². The average Bonchev–Trinajstić information content (AvgIpc) is 1.41. The molecule has 2 heteroatoms. The Morgan fingerprint density at radius 1 is 1.67 bits per heavy atom. The predicted molar refractivity (Wildman–Crippen MR) is 27.7 cm³/mol. The number of hydrogen-bond acceptors (Lipinski definition) is 2. The van der Waals surface area contributed by atoms with Crippen molar-refractivity contribution in [2.24, 2.45) is 5.73 Å². The van der Waals surface area contributed by atoms with Crippen molar-refractivity contribution in [3.05, 3.63) is 0 Å². The maximum Gasteiger partial charge on any atom is 0.0584 e. The van der Waals surface area contributed by atoms with E-state index in [-0.39, 0.29) is 7.43 Å². The minimum Gasteiger partial charge on any atom is -0.383 e. The van der Waals surface area contributed by atoms with Crippen molar-refractivity contribution in [1.82, 2.24) is 0 Å². The van der Waals surface area contributed by atoms with Crippen molar-refractivity contribution < 1.29 is 4.74 Å². The Labute approximate surface area is 39.3 Å². The smallest absolute Gasteiger partial charge is 0.0584 e. The van der Waals surface area contributed by atoms with Crippen molar-refractivity contribution in [3.63, 3.8) is 0 Å². The SMILES string of the molecule is C.COCCN. The van der Waals surface area contributed by atoms with Crippen LogP contribution in [0.2, 0.25) is 0 Å². The molecule has 0 rings (SSSR count). The Hall–Kier alpha value is -0.0800. The van der Waals surface area contributed by atoms with Crippen LogP contribution in [0.3, 0.4) is 0 Å². The van der Waals surface area contributed by atoms with E-state index in [0.29, 0.717) is 13.2 Å². The van der Waals surface area contributed by atoms with E-state index in [4.69, 9.17) is 5.73 Å². The lowest BCUT2D eigenvalue weighted by Gasteiger charge is -1.85. The molecule has 0 aliphatic heterocycles. The van der Waals surface area contributed by atoms with Crippen molar-refractivity contribution in [2.75, 3.05) is 20.3 Å². The topological polar surface area (TPSA) is 35.2 Å². The number of methoxy groups -OCH3 is 1. The van der Waals surface area contributed by atoms with Gasteiger partial charge < -0.3 is 10.5 Å². The molecule has 0 unspecified atom stereocenters. The maximum absolute atomic E-state index is 5.01. The summed E-state index contributed by atoms with van der Waals surface area (Å²) in [6.07, 6.45) is 0. The molecule has 6 heavy (non-hydrogen) atoms. The molecule has 0 bridgehead atoms. The molecule has 0 spiro atoms. The van der Waals surface area contributed by atoms with Crippen LogP contribution in [-0.4, -0.2) is 20.3 Å². The molecule has 40 valence electrons. The normalized spacial score (nSPS) is 7.00. The Morgan fingerprint density at radius 3 is 2.17 bits per heavy atom. The van der Waals surface area contributed by atoms with Crippen LogP contribution in [-0.2, 0) is 4.74 Å². The second kappa shape index (κ2) is 8.87. The third-order valence-electron chi connectivity index (χ3n) is 0.322. The lowest BCUT2D eigenvalue weighted by Crippen LogP contribution is -2.05. The molecule has 0 fully saturated rings. The molecule has 0 aromatic rings. The molecule has 0 saturated carbocycles. The highest BCUT2D eigenvalue weighted by molar-refractivity contribution is 4.22. The van der Waals surface area contributed by atoms with E-state index < -0.39 is 0 Å². The van der Waals surface area contributed by atoms with E-state index in [1.807, 2.05) is 0 Å². The third kappa shape index (κ3) is 9.07. The van der Waals surface area contributed by atoms with Gasteiger partial charge in [0.2, 0.25) is 0 Å². The standard InChI is InChI=1S/C3H9NO.CH4/c1-5-3-2-4;/h2-4H2,1H3;1H4. The highest BCUT2D eigenvalue weighted by Crippen LogP contribution is 1.53. The fourth-order valence-electron chi connectivity index (χ4n) is 0.118. The summed E-state index contributed by atoms with van der Waals surface area (Å²) >= 11 is 0. The van der Waals surface area contributed by atoms with Crippen LogP contribution in [0.25, 0.3) is 0 Å². The van der Waals surface area contributed by atoms with Gasteiger partial charge in [-0.05, 0) is 0 Å². The van der Waals surface area contributed by atoms with Crippen molar-refractivity contribution in [1.29, 1.82) is 0 Å². The number of hydrogen-bond donors (Lipinski definition) is 1. The lowest BCUT2D eigenvalue weighted by atomic mass is 10.7. The zero-order valence-electron chi connectivity index (χ0n) is 3.40. The van der Waals surface area contributed by atoms with Crippen LogP contribution < -0.4 is 5.73 Å². The number of ether oxygens (including phenoxy) is 1. The van der Waals surface area contributed by atoms with Gasteiger partial charge in [0.05, 0.1) is 6.61 Å². The molecule has 2 nitrogen and oxygen atoms in total. The summed E-state index contributed by atoms with van der Waals surface area (Å²) in [7, 11) is 1.63. The van der Waals surface area contributed by atoms with Crippen LogP contribution in [0.15, 0.2) is 0 Å². The van der Waals surface area contributed by atoms with Gasteiger partial charge in [0, 0.05) is 13.7 Å². The van der Waals surface area contributed by atoms with E-state index in [0.717, 1.165) is 0 Å². The van der Waals surface area contributed by atoms with E-state index in [2.05, 4.69) is 4.74 Å². The van der Waals surface area contributed by atoms with Crippen LogP contribution in [0.5, 0.6) is 0 Å². The van der Waals surface area contributed by atoms with Crippen molar-refractivity contribution in [2.45, 2.75) is 7.43 Å². The summed E-state index contributed by atoms with van der Waals surface area (Å²) < 4.78 is 4.57. The lowest BCUT2D eigenvalue weighted by molar-refractivity contribution is 0.207. The first-order valence-electron chi connectivity index (χ1n) is 1.61. The molecule has 0 aromatic carbocycles. The van der Waals surface area contributed by atoms with Gasteiger partial charge in [-0.2, -0.15) is 0 Å². The van der Waals surface area contributed by atoms with Gasteiger partial charge in [0.1, 0.15) is 0 Å². The molecule has 0 heterocycles. The summed E-state index contributed by atoms with van der Waals surface area (Å²) in [6.45, 7) is 1.29. The zero-order chi connectivity index (χ0) is 4.12. The maximum atomic E-state index is 5.01. The van der Waals surface area contributed by atoms with Crippen LogP contribution in [0, 0.1) is 0 Å². The molecule has 0 aromatic heterocycles. The summed E-state index contributed by atoms with van der Waals surface area (Å²) in [5.41, 5.74) is 5.01. The van der Waals surface area contributed by atoms with Gasteiger partial charge in [0.25, 0.3) is 0 Å². The Kier molecular flexibility index (Phi) is 13.8. The second-order valence-corrected chi connectivity index (χ2v) is 0.781. The van der Waals surface area contributed by atoms with E-state index >= 15 is 0 Å². The summed E-state index contributed by atoms with van der Waals surface area (Å²) in [6, 6.07) is 0. The third-order valence-corrected chi connectivity index (χ3v) is 0.322. The molecular weight excluding hydrogens is 78.0 g/mol. The van der Waals surface area contributed by atoms with Gasteiger partial charge in [-0.1, -0.05) is 7.43 Å². The van der Waals surface area contributed by atoms with Crippen molar-refractivity contribution in [3.8, 4) is 0 Å². The highest BCUT2D eigenvalue weighted by Gasteiger charge is 1.65. The highest BCUT2D eigenvalue weighted by atomic mass is 16.5. The molecule has 2 N–H and O–H groups in total. The fourth-order valence-corrected chi connectivity index (χ4v) is 0.118. The van der Waals surface area contributed by atoms with Gasteiger partial charge in [0.15, 0.2) is 0 Å². The molecule has 0 saturated heterocycles. The first kappa shape index (κ1) is 9.33. The molecule has 0 aliphatic rings. The van der Waals surface area contributed by atoms with Gasteiger partial charge in [-0.15, -0.1) is 0 Å². The average molecular weight is 91.2 g/mol. The Morgan fingerprint density at radius 2 is 2.17 bits per heavy atom. The summed E-state index contributed by atoms with van der Waals surface area (Å²) in [5.74, 6) is 0. The Bertz CT molecular complexity index is 15.0. The van der Waals surface area contributed by atoms with E-state index in [1.165, 1.54) is 0 Å². The number of nitrogens with two attached hydrogens (primary N) is 1. The largest absolute Gasteiger partial charge is 0.383 e. The molecule has 0 atom stereocenters.